The predicted molar refractivity (Wildman–Crippen MR) is 117 cm³/mol. The van der Waals surface area contributed by atoms with Crippen LogP contribution < -0.4 is 16.0 Å². The molecule has 2 rings (SSSR count). The van der Waals surface area contributed by atoms with E-state index in [0.717, 1.165) is 17.7 Å². The Morgan fingerprint density at radius 3 is 2.45 bits per heavy atom. The van der Waals surface area contributed by atoms with Crippen molar-refractivity contribution in [1.29, 1.82) is 0 Å². The van der Waals surface area contributed by atoms with Crippen LogP contribution in [0.5, 0.6) is 0 Å². The third-order valence-corrected chi connectivity index (χ3v) is 4.04. The summed E-state index contributed by atoms with van der Waals surface area (Å²) in [5.41, 5.74) is 2.23. The van der Waals surface area contributed by atoms with Crippen LogP contribution in [-0.4, -0.2) is 30.5 Å². The van der Waals surface area contributed by atoms with Crippen LogP contribution in [0, 0.1) is 5.82 Å². The van der Waals surface area contributed by atoms with E-state index in [1.165, 1.54) is 6.07 Å². The lowest BCUT2D eigenvalue weighted by molar-refractivity contribution is 0.0919. The third kappa shape index (κ3) is 8.34. The van der Waals surface area contributed by atoms with Crippen molar-refractivity contribution >= 4 is 11.9 Å². The molecular weight excluding hydrogens is 367 g/mol. The van der Waals surface area contributed by atoms with Crippen molar-refractivity contribution in [1.82, 2.24) is 16.0 Å². The lowest BCUT2D eigenvalue weighted by Gasteiger charge is -2.20. The molecule has 0 aromatic heterocycles. The summed E-state index contributed by atoms with van der Waals surface area (Å²) in [5, 5.41) is 9.44. The summed E-state index contributed by atoms with van der Waals surface area (Å²) in [6.45, 7) is 9.70. The SMILES string of the molecule is CCNC(=NCc1cccc(C(=O)NC(C)(C)C)c1)NCCc1cccc(F)c1. The molecule has 0 aliphatic carbocycles. The van der Waals surface area contributed by atoms with E-state index < -0.39 is 0 Å². The van der Waals surface area contributed by atoms with E-state index in [2.05, 4.69) is 20.9 Å². The quantitative estimate of drug-likeness (QED) is 0.493. The molecule has 2 aromatic carbocycles. The molecule has 0 atom stereocenters. The van der Waals surface area contributed by atoms with Gasteiger partial charge in [0.05, 0.1) is 6.54 Å². The van der Waals surface area contributed by atoms with Crippen LogP contribution in [0.1, 0.15) is 49.2 Å². The van der Waals surface area contributed by atoms with Crippen molar-refractivity contribution in [3.05, 3.63) is 71.0 Å². The van der Waals surface area contributed by atoms with Crippen molar-refractivity contribution in [2.24, 2.45) is 4.99 Å². The number of rotatable bonds is 7. The summed E-state index contributed by atoms with van der Waals surface area (Å²) < 4.78 is 13.3. The molecule has 1 amide bonds. The average molecular weight is 399 g/mol. The van der Waals surface area contributed by atoms with E-state index >= 15 is 0 Å². The highest BCUT2D eigenvalue weighted by atomic mass is 19.1. The zero-order chi connectivity index (χ0) is 21.3. The molecule has 0 saturated carbocycles. The second kappa shape index (κ2) is 10.6. The fourth-order valence-electron chi connectivity index (χ4n) is 2.75. The molecule has 0 unspecified atom stereocenters. The van der Waals surface area contributed by atoms with E-state index in [9.17, 15) is 9.18 Å². The van der Waals surface area contributed by atoms with Gasteiger partial charge in [-0.3, -0.25) is 4.79 Å². The van der Waals surface area contributed by atoms with Gasteiger partial charge in [-0.05, 0) is 69.5 Å². The Bertz CT molecular complexity index is 843. The first kappa shape index (κ1) is 22.4. The van der Waals surface area contributed by atoms with Gasteiger partial charge >= 0.3 is 0 Å². The fourth-order valence-corrected chi connectivity index (χ4v) is 2.75. The molecule has 0 spiro atoms. The number of hydrogen-bond acceptors (Lipinski definition) is 2. The maximum atomic E-state index is 13.3. The first-order chi connectivity index (χ1) is 13.8. The summed E-state index contributed by atoms with van der Waals surface area (Å²) in [5.74, 6) is 0.371. The number of aliphatic imine (C=N–C) groups is 1. The molecular formula is C23H31FN4O. The van der Waals surface area contributed by atoms with E-state index in [-0.39, 0.29) is 17.3 Å². The predicted octanol–water partition coefficient (Wildman–Crippen LogP) is 3.65. The number of nitrogens with one attached hydrogen (secondary N) is 3. The van der Waals surface area contributed by atoms with E-state index in [0.29, 0.717) is 31.0 Å². The molecule has 5 nitrogen and oxygen atoms in total. The van der Waals surface area contributed by atoms with Gasteiger partial charge in [-0.15, -0.1) is 0 Å². The molecule has 6 heteroatoms. The third-order valence-electron chi connectivity index (χ3n) is 4.04. The smallest absolute Gasteiger partial charge is 0.251 e. The Kier molecular flexibility index (Phi) is 8.19. The van der Waals surface area contributed by atoms with Crippen molar-refractivity contribution in [2.75, 3.05) is 13.1 Å². The highest BCUT2D eigenvalue weighted by Gasteiger charge is 2.15. The first-order valence-electron chi connectivity index (χ1n) is 9.95. The molecule has 0 heterocycles. The van der Waals surface area contributed by atoms with Gasteiger partial charge in [0, 0.05) is 24.2 Å². The lowest BCUT2D eigenvalue weighted by Crippen LogP contribution is -2.40. The molecule has 29 heavy (non-hydrogen) atoms. The maximum absolute atomic E-state index is 13.3. The zero-order valence-corrected chi connectivity index (χ0v) is 17.7. The van der Waals surface area contributed by atoms with Crippen LogP contribution >= 0.6 is 0 Å². The summed E-state index contributed by atoms with van der Waals surface area (Å²) in [4.78, 5) is 17.0. The molecule has 0 fully saturated rings. The topological polar surface area (TPSA) is 65.5 Å². The number of amides is 1. The minimum Gasteiger partial charge on any atom is -0.357 e. The largest absolute Gasteiger partial charge is 0.357 e. The van der Waals surface area contributed by atoms with Crippen LogP contribution in [0.15, 0.2) is 53.5 Å². The lowest BCUT2D eigenvalue weighted by atomic mass is 10.1. The first-order valence-corrected chi connectivity index (χ1v) is 9.95. The van der Waals surface area contributed by atoms with Crippen molar-refractivity contribution in [2.45, 2.75) is 46.2 Å². The van der Waals surface area contributed by atoms with E-state index in [1.807, 2.05) is 52.0 Å². The molecule has 0 saturated heterocycles. The highest BCUT2D eigenvalue weighted by molar-refractivity contribution is 5.94. The molecule has 0 aliphatic rings. The Morgan fingerprint density at radius 1 is 1.03 bits per heavy atom. The number of hydrogen-bond donors (Lipinski definition) is 3. The van der Waals surface area contributed by atoms with Crippen LogP contribution in [0.2, 0.25) is 0 Å². The molecule has 2 aromatic rings. The van der Waals surface area contributed by atoms with Crippen molar-refractivity contribution in [3.8, 4) is 0 Å². The highest BCUT2D eigenvalue weighted by Crippen LogP contribution is 2.09. The molecule has 0 aliphatic heterocycles. The van der Waals surface area contributed by atoms with Crippen LogP contribution in [0.25, 0.3) is 0 Å². The van der Waals surface area contributed by atoms with Gasteiger partial charge in [0.25, 0.3) is 5.91 Å². The van der Waals surface area contributed by atoms with Crippen molar-refractivity contribution < 1.29 is 9.18 Å². The van der Waals surface area contributed by atoms with Gasteiger partial charge in [-0.1, -0.05) is 24.3 Å². The van der Waals surface area contributed by atoms with Gasteiger partial charge < -0.3 is 16.0 Å². The standard InChI is InChI=1S/C23H31FN4O/c1-5-25-22(26-13-12-17-8-7-11-20(24)15-17)27-16-18-9-6-10-19(14-18)21(29)28-23(2,3)4/h6-11,14-15H,5,12-13,16H2,1-4H3,(H,28,29)(H2,25,26,27). The van der Waals surface area contributed by atoms with Gasteiger partial charge in [0.2, 0.25) is 0 Å². The number of carbonyl (C=O) groups excluding carboxylic acids is 1. The van der Waals surface area contributed by atoms with Gasteiger partial charge in [0.15, 0.2) is 5.96 Å². The van der Waals surface area contributed by atoms with Crippen molar-refractivity contribution in [3.63, 3.8) is 0 Å². The summed E-state index contributed by atoms with van der Waals surface area (Å²) in [6, 6.07) is 14.1. The van der Waals surface area contributed by atoms with Crippen LogP contribution in [-0.2, 0) is 13.0 Å². The monoisotopic (exact) mass is 398 g/mol. The van der Waals surface area contributed by atoms with Gasteiger partial charge in [0.1, 0.15) is 5.82 Å². The molecule has 156 valence electrons. The molecule has 0 bridgehead atoms. The number of carbonyl (C=O) groups is 1. The van der Waals surface area contributed by atoms with Crippen LogP contribution in [0.4, 0.5) is 4.39 Å². The number of guanidine groups is 1. The molecule has 3 N–H and O–H groups in total. The summed E-state index contributed by atoms with van der Waals surface area (Å²) >= 11 is 0. The average Bonchev–Trinajstić information content (AvgIpc) is 2.65. The zero-order valence-electron chi connectivity index (χ0n) is 17.7. The van der Waals surface area contributed by atoms with Gasteiger partial charge in [-0.25, -0.2) is 9.38 Å². The minimum absolute atomic E-state index is 0.0940. The fraction of sp³-hybridized carbons (Fsp3) is 0.391. The van der Waals surface area contributed by atoms with E-state index in [1.54, 1.807) is 18.2 Å². The number of nitrogens with zero attached hydrogens (tertiary/aromatic N) is 1. The Labute approximate surface area is 172 Å². The second-order valence-corrected chi connectivity index (χ2v) is 7.91. The Morgan fingerprint density at radius 2 is 1.76 bits per heavy atom. The Hall–Kier alpha value is -2.89. The number of halogens is 1. The Balaban J connectivity index is 1.97. The number of benzene rings is 2. The summed E-state index contributed by atoms with van der Waals surface area (Å²) in [7, 11) is 0. The second-order valence-electron chi connectivity index (χ2n) is 7.91. The van der Waals surface area contributed by atoms with Gasteiger partial charge in [-0.2, -0.15) is 0 Å². The normalized spacial score (nSPS) is 11.8. The molecule has 0 radical (unpaired) electrons. The van der Waals surface area contributed by atoms with E-state index in [4.69, 9.17) is 0 Å². The van der Waals surface area contributed by atoms with Crippen LogP contribution in [0.3, 0.4) is 0 Å². The summed E-state index contributed by atoms with van der Waals surface area (Å²) in [6.07, 6.45) is 0.699. The maximum Gasteiger partial charge on any atom is 0.251 e. The minimum atomic E-state index is -0.283.